The highest BCUT2D eigenvalue weighted by Crippen LogP contribution is 2.23. The predicted octanol–water partition coefficient (Wildman–Crippen LogP) is 3.07. The maximum absolute atomic E-state index is 12.3. The molecule has 0 saturated heterocycles. The molecule has 0 atom stereocenters. The van der Waals surface area contributed by atoms with Crippen molar-refractivity contribution in [2.75, 3.05) is 5.32 Å². The second-order valence-corrected chi connectivity index (χ2v) is 5.61. The van der Waals surface area contributed by atoms with E-state index in [-0.39, 0.29) is 18.8 Å². The van der Waals surface area contributed by atoms with Crippen molar-refractivity contribution in [3.63, 3.8) is 0 Å². The fraction of sp³-hybridized carbons (Fsp3) is 0.105. The van der Waals surface area contributed by atoms with Gasteiger partial charge < -0.3 is 19.4 Å². The second-order valence-electron chi connectivity index (χ2n) is 5.61. The molecule has 1 aromatic carbocycles. The van der Waals surface area contributed by atoms with Crippen molar-refractivity contribution in [2.45, 2.75) is 13.3 Å². The summed E-state index contributed by atoms with van der Waals surface area (Å²) >= 11 is 0. The Morgan fingerprint density at radius 2 is 1.96 bits per heavy atom. The Hall–Kier alpha value is -4.01. The van der Waals surface area contributed by atoms with Crippen LogP contribution in [0.4, 0.5) is 5.82 Å². The molecule has 3 aromatic heterocycles. The topological polar surface area (TPSA) is 131 Å². The van der Waals surface area contributed by atoms with Crippen molar-refractivity contribution in [3.05, 3.63) is 60.1 Å². The van der Waals surface area contributed by atoms with E-state index in [0.717, 1.165) is 5.56 Å². The largest absolute Gasteiger partial charge is 0.483 e. The van der Waals surface area contributed by atoms with E-state index in [2.05, 4.69) is 20.4 Å². The molecule has 9 heteroatoms. The van der Waals surface area contributed by atoms with Gasteiger partial charge in [0.1, 0.15) is 5.76 Å². The summed E-state index contributed by atoms with van der Waals surface area (Å²) in [5.74, 6) is 1.20. The number of hydrogen-bond donors (Lipinski definition) is 2. The molecule has 0 saturated carbocycles. The van der Waals surface area contributed by atoms with Crippen LogP contribution in [0.1, 0.15) is 11.5 Å². The number of carboxylic acid groups (broad SMARTS) is 1. The van der Waals surface area contributed by atoms with Crippen molar-refractivity contribution in [1.82, 2.24) is 15.1 Å². The summed E-state index contributed by atoms with van der Waals surface area (Å²) < 4.78 is 10.7. The highest BCUT2D eigenvalue weighted by molar-refractivity contribution is 5.98. The molecule has 4 aromatic rings. The van der Waals surface area contributed by atoms with Crippen molar-refractivity contribution < 1.29 is 23.6 Å². The van der Waals surface area contributed by atoms with E-state index in [1.807, 2.05) is 30.3 Å². The molecule has 0 aliphatic carbocycles. The molecule has 0 aliphatic heterocycles. The molecule has 0 unspecified atom stereocenters. The van der Waals surface area contributed by atoms with Crippen LogP contribution in [-0.2, 0) is 16.0 Å². The van der Waals surface area contributed by atoms with E-state index in [4.69, 9.17) is 18.8 Å². The Kier molecular flexibility index (Phi) is 5.75. The van der Waals surface area contributed by atoms with Crippen LogP contribution in [0.25, 0.3) is 22.6 Å². The normalized spacial score (nSPS) is 10.2. The van der Waals surface area contributed by atoms with Crippen molar-refractivity contribution in [2.24, 2.45) is 0 Å². The van der Waals surface area contributed by atoms with Gasteiger partial charge in [0.05, 0.1) is 17.5 Å². The fourth-order valence-electron chi connectivity index (χ4n) is 2.50. The monoisotopic (exact) mass is 380 g/mol. The molecule has 0 fully saturated rings. The fourth-order valence-corrected chi connectivity index (χ4v) is 2.50. The molecular weight excluding hydrogens is 364 g/mol. The van der Waals surface area contributed by atoms with E-state index >= 15 is 0 Å². The van der Waals surface area contributed by atoms with E-state index in [9.17, 15) is 4.79 Å². The van der Waals surface area contributed by atoms with Crippen LogP contribution in [0.5, 0.6) is 0 Å². The number of hydrogen-bond acceptors (Lipinski definition) is 7. The van der Waals surface area contributed by atoms with Crippen LogP contribution in [0.2, 0.25) is 0 Å². The number of carbonyl (C=O) groups excluding carboxylic acids is 1. The molecule has 3 heterocycles. The third-order valence-electron chi connectivity index (χ3n) is 3.75. The standard InChI is InChI=1S/C18H14N4O3.CH2O2/c1-11-14(20-17(24-11)12-6-3-2-4-7-12)10-15(23)21-16-13-8-5-9-19-18(13)25-22-16;2-1-3/h2-9H,10H2,1H3,(H,21,22,23);1H,(H,2,3). The highest BCUT2D eigenvalue weighted by atomic mass is 16.5. The van der Waals surface area contributed by atoms with Gasteiger partial charge in [0.25, 0.3) is 12.2 Å². The minimum Gasteiger partial charge on any atom is -0.483 e. The molecule has 2 N–H and O–H groups in total. The summed E-state index contributed by atoms with van der Waals surface area (Å²) in [6.45, 7) is 1.54. The molecule has 0 spiro atoms. The Balaban J connectivity index is 0.000000706. The molecule has 28 heavy (non-hydrogen) atoms. The van der Waals surface area contributed by atoms with E-state index < -0.39 is 0 Å². The smallest absolute Gasteiger partial charge is 0.290 e. The molecular formula is C19H16N4O5. The highest BCUT2D eigenvalue weighted by Gasteiger charge is 2.17. The summed E-state index contributed by atoms with van der Waals surface area (Å²) in [7, 11) is 0. The number of fused-ring (bicyclic) bond motifs is 1. The van der Waals surface area contributed by atoms with Gasteiger partial charge in [0.15, 0.2) is 5.82 Å². The molecule has 0 bridgehead atoms. The zero-order valence-corrected chi connectivity index (χ0v) is 14.8. The first-order chi connectivity index (χ1) is 13.6. The lowest BCUT2D eigenvalue weighted by Gasteiger charge is -2.00. The lowest BCUT2D eigenvalue weighted by Crippen LogP contribution is -2.15. The minimum absolute atomic E-state index is 0.0801. The quantitative estimate of drug-likeness (QED) is 0.516. The van der Waals surface area contributed by atoms with E-state index in [0.29, 0.717) is 34.3 Å². The number of benzene rings is 1. The summed E-state index contributed by atoms with van der Waals surface area (Å²) in [4.78, 5) is 29.2. The van der Waals surface area contributed by atoms with Crippen LogP contribution >= 0.6 is 0 Å². The molecule has 0 aliphatic rings. The number of aromatic nitrogens is 3. The van der Waals surface area contributed by atoms with Crippen LogP contribution in [0.15, 0.2) is 57.6 Å². The summed E-state index contributed by atoms with van der Waals surface area (Å²) in [5.41, 5.74) is 1.83. The van der Waals surface area contributed by atoms with Gasteiger partial charge in [-0.05, 0) is 31.2 Å². The van der Waals surface area contributed by atoms with Gasteiger partial charge in [-0.2, -0.15) is 0 Å². The average Bonchev–Trinajstić information content (AvgIpc) is 3.27. The lowest BCUT2D eigenvalue weighted by molar-refractivity contribution is -0.123. The third kappa shape index (κ3) is 4.21. The number of nitrogens with one attached hydrogen (secondary N) is 1. The van der Waals surface area contributed by atoms with Gasteiger partial charge in [-0.25, -0.2) is 9.97 Å². The molecule has 9 nitrogen and oxygen atoms in total. The molecule has 0 radical (unpaired) electrons. The van der Waals surface area contributed by atoms with Crippen molar-refractivity contribution >= 4 is 29.3 Å². The number of pyridine rings is 1. The van der Waals surface area contributed by atoms with Gasteiger partial charge in [-0.15, -0.1) is 0 Å². The molecule has 142 valence electrons. The molecule has 1 amide bonds. The zero-order valence-electron chi connectivity index (χ0n) is 14.8. The van der Waals surface area contributed by atoms with Gasteiger partial charge in [0, 0.05) is 11.8 Å². The number of carbonyl (C=O) groups is 2. The number of amides is 1. The average molecular weight is 380 g/mol. The summed E-state index contributed by atoms with van der Waals surface area (Å²) in [6, 6.07) is 13.1. The lowest BCUT2D eigenvalue weighted by atomic mass is 10.2. The minimum atomic E-state index is -0.255. The number of oxazole rings is 1. The van der Waals surface area contributed by atoms with Gasteiger partial charge in [-0.3, -0.25) is 9.59 Å². The summed E-state index contributed by atoms with van der Waals surface area (Å²) in [5, 5.41) is 14.1. The first kappa shape index (κ1) is 18.8. The maximum atomic E-state index is 12.3. The second kappa shape index (κ2) is 8.58. The Morgan fingerprint density at radius 1 is 1.21 bits per heavy atom. The number of nitrogens with zero attached hydrogens (tertiary/aromatic N) is 3. The van der Waals surface area contributed by atoms with E-state index in [1.165, 1.54) is 0 Å². The third-order valence-corrected chi connectivity index (χ3v) is 3.75. The van der Waals surface area contributed by atoms with Gasteiger partial charge in [0.2, 0.25) is 11.8 Å². The first-order valence-corrected chi connectivity index (χ1v) is 8.22. The van der Waals surface area contributed by atoms with E-state index in [1.54, 1.807) is 25.3 Å². The molecule has 4 rings (SSSR count). The Bertz CT molecular complexity index is 1090. The Morgan fingerprint density at radius 3 is 2.71 bits per heavy atom. The van der Waals surface area contributed by atoms with Crippen molar-refractivity contribution in [3.8, 4) is 11.5 Å². The van der Waals surface area contributed by atoms with Crippen LogP contribution in [0, 0.1) is 6.92 Å². The van der Waals surface area contributed by atoms with Gasteiger partial charge >= 0.3 is 0 Å². The predicted molar refractivity (Wildman–Crippen MR) is 99.5 cm³/mol. The zero-order chi connectivity index (χ0) is 19.9. The van der Waals surface area contributed by atoms with Crippen LogP contribution < -0.4 is 5.32 Å². The number of anilines is 1. The first-order valence-electron chi connectivity index (χ1n) is 8.22. The summed E-state index contributed by atoms with van der Waals surface area (Å²) in [6.07, 6.45) is 1.68. The number of aryl methyl sites for hydroxylation is 1. The van der Waals surface area contributed by atoms with Crippen LogP contribution in [-0.4, -0.2) is 32.6 Å². The van der Waals surface area contributed by atoms with Crippen LogP contribution in [0.3, 0.4) is 0 Å². The van der Waals surface area contributed by atoms with Gasteiger partial charge in [-0.1, -0.05) is 23.4 Å². The van der Waals surface area contributed by atoms with Crippen molar-refractivity contribution in [1.29, 1.82) is 0 Å². The number of rotatable bonds is 4. The maximum Gasteiger partial charge on any atom is 0.290 e. The SMILES string of the molecule is Cc1oc(-c2ccccc2)nc1CC(=O)Nc1noc2ncccc12.O=CO. The Labute approximate surface area is 159 Å².